The highest BCUT2D eigenvalue weighted by Crippen LogP contribution is 2.31. The minimum atomic E-state index is -1.11. The van der Waals surface area contributed by atoms with Gasteiger partial charge < -0.3 is 14.6 Å². The molecular weight excluding hydrogens is 452 g/mol. The molecule has 0 aliphatic rings. The second kappa shape index (κ2) is 9.53. The fraction of sp³-hybridized carbons (Fsp3) is 0.148. The molecule has 0 aliphatic carbocycles. The van der Waals surface area contributed by atoms with E-state index >= 15 is 0 Å². The topological polar surface area (TPSA) is 77.4 Å². The van der Waals surface area contributed by atoms with Crippen molar-refractivity contribution in [3.63, 3.8) is 0 Å². The minimum absolute atomic E-state index is 0.0787. The fourth-order valence-electron chi connectivity index (χ4n) is 3.80. The summed E-state index contributed by atoms with van der Waals surface area (Å²) in [5.74, 6) is -1.28. The van der Waals surface area contributed by atoms with Crippen LogP contribution in [-0.4, -0.2) is 22.5 Å². The van der Waals surface area contributed by atoms with E-state index in [-0.39, 0.29) is 11.3 Å². The van der Waals surface area contributed by atoms with Crippen molar-refractivity contribution in [3.05, 3.63) is 99.4 Å². The number of aromatic nitrogens is 1. The van der Waals surface area contributed by atoms with E-state index in [0.29, 0.717) is 27.0 Å². The third-order valence-electron chi connectivity index (χ3n) is 5.58. The molecule has 0 saturated heterocycles. The molecule has 1 unspecified atom stereocenters. The number of carbonyl (C=O) groups is 2. The molecular formula is C27H23ClN2O4. The molecule has 0 saturated carbocycles. The van der Waals surface area contributed by atoms with Crippen LogP contribution in [0.3, 0.4) is 0 Å². The minimum Gasteiger partial charge on any atom is -0.448 e. The third-order valence-corrected chi connectivity index (χ3v) is 5.82. The van der Waals surface area contributed by atoms with Gasteiger partial charge in [-0.25, -0.2) is 4.79 Å². The lowest BCUT2D eigenvalue weighted by atomic mass is 9.96. The van der Waals surface area contributed by atoms with Crippen LogP contribution in [0.5, 0.6) is 0 Å². The number of rotatable bonds is 5. The van der Waals surface area contributed by atoms with Crippen molar-refractivity contribution in [2.45, 2.75) is 20.0 Å². The van der Waals surface area contributed by atoms with Gasteiger partial charge in [-0.05, 0) is 49.1 Å². The van der Waals surface area contributed by atoms with E-state index in [9.17, 15) is 14.4 Å². The Kier molecular flexibility index (Phi) is 6.52. The molecule has 6 nitrogen and oxygen atoms in total. The van der Waals surface area contributed by atoms with Gasteiger partial charge in [-0.3, -0.25) is 9.59 Å². The Bertz CT molecular complexity index is 1460. The van der Waals surface area contributed by atoms with Crippen LogP contribution in [0.1, 0.15) is 23.0 Å². The van der Waals surface area contributed by atoms with E-state index in [0.717, 1.165) is 11.1 Å². The molecule has 1 amide bonds. The summed E-state index contributed by atoms with van der Waals surface area (Å²) in [4.78, 5) is 39.1. The number of hydrogen-bond donors (Lipinski definition) is 1. The number of esters is 1. The van der Waals surface area contributed by atoms with Gasteiger partial charge in [0.05, 0.1) is 0 Å². The van der Waals surface area contributed by atoms with Crippen LogP contribution in [0, 0.1) is 6.92 Å². The summed E-state index contributed by atoms with van der Waals surface area (Å²) in [6, 6.07) is 21.5. The summed E-state index contributed by atoms with van der Waals surface area (Å²) in [6.07, 6.45) is -1.11. The molecule has 0 fully saturated rings. The van der Waals surface area contributed by atoms with Crippen LogP contribution in [0.15, 0.2) is 77.6 Å². The lowest BCUT2D eigenvalue weighted by molar-refractivity contribution is -0.123. The van der Waals surface area contributed by atoms with Crippen LogP contribution in [0.25, 0.3) is 21.9 Å². The fourth-order valence-corrected chi connectivity index (χ4v) is 3.99. The van der Waals surface area contributed by atoms with Gasteiger partial charge in [0.1, 0.15) is 5.69 Å². The molecule has 7 heteroatoms. The first-order chi connectivity index (χ1) is 16.3. The molecule has 1 N–H and O–H groups in total. The molecule has 0 spiro atoms. The van der Waals surface area contributed by atoms with Gasteiger partial charge in [0.15, 0.2) is 6.10 Å². The summed E-state index contributed by atoms with van der Waals surface area (Å²) >= 11 is 5.97. The predicted molar refractivity (Wildman–Crippen MR) is 134 cm³/mol. The van der Waals surface area contributed by atoms with Gasteiger partial charge in [0, 0.05) is 28.7 Å². The van der Waals surface area contributed by atoms with Gasteiger partial charge in [0.25, 0.3) is 11.5 Å². The number of nitrogens with one attached hydrogen (secondary N) is 1. The number of amides is 1. The Balaban J connectivity index is 1.74. The Labute approximate surface area is 201 Å². The Hall–Kier alpha value is -3.90. The van der Waals surface area contributed by atoms with Crippen molar-refractivity contribution < 1.29 is 14.3 Å². The summed E-state index contributed by atoms with van der Waals surface area (Å²) in [5, 5.41) is 4.27. The monoisotopic (exact) mass is 474 g/mol. The lowest BCUT2D eigenvalue weighted by Gasteiger charge is -2.19. The molecule has 0 bridgehead atoms. The Morgan fingerprint density at radius 2 is 1.65 bits per heavy atom. The number of pyridine rings is 1. The number of ether oxygens (including phenoxy) is 1. The summed E-state index contributed by atoms with van der Waals surface area (Å²) in [5.41, 5.74) is 2.64. The Morgan fingerprint density at radius 1 is 0.971 bits per heavy atom. The number of nitrogens with zero attached hydrogens (tertiary/aromatic N) is 1. The number of benzene rings is 3. The smallest absolute Gasteiger partial charge is 0.356 e. The predicted octanol–water partition coefficient (Wildman–Crippen LogP) is 5.35. The van der Waals surface area contributed by atoms with Crippen molar-refractivity contribution in [3.8, 4) is 11.1 Å². The Morgan fingerprint density at radius 3 is 2.32 bits per heavy atom. The van der Waals surface area contributed by atoms with Crippen molar-refractivity contribution in [1.29, 1.82) is 0 Å². The molecule has 4 aromatic rings. The highest BCUT2D eigenvalue weighted by molar-refractivity contribution is 6.30. The number of aryl methyl sites for hydroxylation is 1. The zero-order valence-electron chi connectivity index (χ0n) is 19.0. The van der Waals surface area contributed by atoms with Gasteiger partial charge in [0.2, 0.25) is 0 Å². The molecule has 3 aromatic carbocycles. The number of halogens is 1. The van der Waals surface area contributed by atoms with Crippen LogP contribution < -0.4 is 10.9 Å². The van der Waals surface area contributed by atoms with E-state index in [1.807, 2.05) is 37.3 Å². The summed E-state index contributed by atoms with van der Waals surface area (Å²) in [6.45, 7) is 3.44. The lowest BCUT2D eigenvalue weighted by Crippen LogP contribution is -2.32. The van der Waals surface area contributed by atoms with Gasteiger partial charge in [-0.15, -0.1) is 0 Å². The van der Waals surface area contributed by atoms with Crippen molar-refractivity contribution in [2.24, 2.45) is 7.05 Å². The van der Waals surface area contributed by atoms with Crippen molar-refractivity contribution in [1.82, 2.24) is 4.57 Å². The highest BCUT2D eigenvalue weighted by atomic mass is 35.5. The number of carbonyl (C=O) groups excluding carboxylic acids is 2. The molecule has 0 aliphatic heterocycles. The maximum Gasteiger partial charge on any atom is 0.356 e. The normalized spacial score (nSPS) is 11.8. The van der Waals surface area contributed by atoms with Crippen molar-refractivity contribution in [2.75, 3.05) is 5.32 Å². The molecule has 1 aromatic heterocycles. The van der Waals surface area contributed by atoms with Gasteiger partial charge in [-0.1, -0.05) is 65.7 Å². The van der Waals surface area contributed by atoms with Crippen molar-refractivity contribution >= 4 is 39.9 Å². The average molecular weight is 475 g/mol. The molecule has 4 rings (SSSR count). The third kappa shape index (κ3) is 4.58. The van der Waals surface area contributed by atoms with Gasteiger partial charge in [-0.2, -0.15) is 0 Å². The maximum atomic E-state index is 13.4. The quantitative estimate of drug-likeness (QED) is 0.395. The molecule has 34 heavy (non-hydrogen) atoms. The van der Waals surface area contributed by atoms with E-state index in [4.69, 9.17) is 16.3 Å². The average Bonchev–Trinajstić information content (AvgIpc) is 2.81. The maximum absolute atomic E-state index is 13.4. The molecule has 1 heterocycles. The first-order valence-corrected chi connectivity index (χ1v) is 11.1. The molecule has 172 valence electrons. The largest absolute Gasteiger partial charge is 0.448 e. The standard InChI is InChI=1S/C27H23ClN2O4/c1-16-11-13-18(14-12-16)23-21-9-4-5-10-22(21)26(32)30(3)24(23)27(33)34-17(2)25(31)29-20-8-6-7-19(28)15-20/h4-15,17H,1-3H3,(H,29,31). The molecule has 0 radical (unpaired) electrons. The number of fused-ring (bicyclic) bond motifs is 1. The highest BCUT2D eigenvalue weighted by Gasteiger charge is 2.26. The molecule has 1 atom stereocenters. The first kappa shape index (κ1) is 23.3. The number of anilines is 1. The van der Waals surface area contributed by atoms with Crippen LogP contribution >= 0.6 is 11.6 Å². The van der Waals surface area contributed by atoms with Crippen LogP contribution in [0.2, 0.25) is 5.02 Å². The SMILES string of the molecule is Cc1ccc(-c2c(C(=O)OC(C)C(=O)Nc3cccc(Cl)c3)n(C)c(=O)c3ccccc23)cc1. The second-order valence-corrected chi connectivity index (χ2v) is 8.48. The van der Waals surface area contributed by atoms with Crippen LogP contribution in [-0.2, 0) is 16.6 Å². The van der Waals surface area contributed by atoms with E-state index in [1.165, 1.54) is 18.5 Å². The second-order valence-electron chi connectivity index (χ2n) is 8.05. The van der Waals surface area contributed by atoms with E-state index < -0.39 is 18.0 Å². The van der Waals surface area contributed by atoms with Gasteiger partial charge >= 0.3 is 5.97 Å². The van der Waals surface area contributed by atoms with E-state index in [1.54, 1.807) is 42.5 Å². The summed E-state index contributed by atoms with van der Waals surface area (Å²) in [7, 11) is 1.53. The summed E-state index contributed by atoms with van der Waals surface area (Å²) < 4.78 is 6.81. The zero-order chi connectivity index (χ0) is 24.4. The first-order valence-electron chi connectivity index (χ1n) is 10.7. The van der Waals surface area contributed by atoms with E-state index in [2.05, 4.69) is 5.32 Å². The number of hydrogen-bond acceptors (Lipinski definition) is 4. The zero-order valence-corrected chi connectivity index (χ0v) is 19.7. The van der Waals surface area contributed by atoms with Crippen LogP contribution in [0.4, 0.5) is 5.69 Å².